The summed E-state index contributed by atoms with van der Waals surface area (Å²) < 4.78 is 0. The van der Waals surface area contributed by atoms with Crippen molar-refractivity contribution >= 4 is 11.9 Å². The van der Waals surface area contributed by atoms with Crippen molar-refractivity contribution in [2.24, 2.45) is 5.92 Å². The van der Waals surface area contributed by atoms with Crippen molar-refractivity contribution in [3.05, 3.63) is 0 Å². The van der Waals surface area contributed by atoms with Crippen LogP contribution < -0.4 is 0 Å². The Hall–Kier alpha value is -1.10. The fourth-order valence-electron chi connectivity index (χ4n) is 2.87. The molecule has 0 atom stereocenters. The summed E-state index contributed by atoms with van der Waals surface area (Å²) in [5.41, 5.74) is 0. The van der Waals surface area contributed by atoms with E-state index in [0.29, 0.717) is 18.5 Å². The van der Waals surface area contributed by atoms with Gasteiger partial charge in [0.25, 0.3) is 0 Å². The van der Waals surface area contributed by atoms with Gasteiger partial charge in [-0.15, -0.1) is 0 Å². The van der Waals surface area contributed by atoms with E-state index in [4.69, 9.17) is 5.11 Å². The molecular formula is C15H28N2O3. The summed E-state index contributed by atoms with van der Waals surface area (Å²) in [7, 11) is 1.85. The van der Waals surface area contributed by atoms with Gasteiger partial charge in [0.15, 0.2) is 0 Å². The van der Waals surface area contributed by atoms with Crippen molar-refractivity contribution in [1.29, 1.82) is 0 Å². The maximum absolute atomic E-state index is 12.3. The van der Waals surface area contributed by atoms with E-state index in [9.17, 15) is 9.59 Å². The number of rotatable bonds is 7. The molecule has 1 N–H and O–H groups in total. The van der Waals surface area contributed by atoms with Crippen molar-refractivity contribution in [3.63, 3.8) is 0 Å². The van der Waals surface area contributed by atoms with Gasteiger partial charge in [-0.05, 0) is 18.8 Å². The standard InChI is InChI=1S/C15H28N2O3/c1-12(2)9-17(11-15(19)20)10-14(18)16(3)13-7-5-4-6-8-13/h12-13H,4-11H2,1-3H3,(H,19,20). The summed E-state index contributed by atoms with van der Waals surface area (Å²) in [6.45, 7) is 4.84. The fraction of sp³-hybridized carbons (Fsp3) is 0.867. The normalized spacial score (nSPS) is 16.6. The summed E-state index contributed by atoms with van der Waals surface area (Å²) in [6, 6.07) is 0.335. The highest BCUT2D eigenvalue weighted by molar-refractivity contribution is 5.79. The van der Waals surface area contributed by atoms with E-state index >= 15 is 0 Å². The van der Waals surface area contributed by atoms with Crippen LogP contribution in [0.5, 0.6) is 0 Å². The van der Waals surface area contributed by atoms with Crippen LogP contribution in [0.25, 0.3) is 0 Å². The monoisotopic (exact) mass is 284 g/mol. The third-order valence-corrected chi connectivity index (χ3v) is 3.86. The van der Waals surface area contributed by atoms with E-state index in [1.807, 2.05) is 25.8 Å². The summed E-state index contributed by atoms with van der Waals surface area (Å²) in [5, 5.41) is 8.93. The number of likely N-dealkylation sites (N-methyl/N-ethyl adjacent to an activating group) is 1. The number of amides is 1. The van der Waals surface area contributed by atoms with Crippen LogP contribution >= 0.6 is 0 Å². The van der Waals surface area contributed by atoms with Gasteiger partial charge in [-0.1, -0.05) is 33.1 Å². The molecule has 0 bridgehead atoms. The number of aliphatic carboxylic acids is 1. The van der Waals surface area contributed by atoms with Crippen molar-refractivity contribution in [1.82, 2.24) is 9.80 Å². The highest BCUT2D eigenvalue weighted by atomic mass is 16.4. The average Bonchev–Trinajstić information content (AvgIpc) is 2.37. The van der Waals surface area contributed by atoms with Gasteiger partial charge in [0.05, 0.1) is 13.1 Å². The molecule has 116 valence electrons. The number of carbonyl (C=O) groups is 2. The smallest absolute Gasteiger partial charge is 0.317 e. The van der Waals surface area contributed by atoms with Gasteiger partial charge in [0.1, 0.15) is 0 Å². The van der Waals surface area contributed by atoms with Crippen molar-refractivity contribution in [2.75, 3.05) is 26.7 Å². The zero-order chi connectivity index (χ0) is 15.1. The molecule has 1 aliphatic carbocycles. The van der Waals surface area contributed by atoms with E-state index in [2.05, 4.69) is 0 Å². The first-order valence-electron chi connectivity index (χ1n) is 7.60. The summed E-state index contributed by atoms with van der Waals surface area (Å²) in [5.74, 6) is -0.486. The number of hydrogen-bond donors (Lipinski definition) is 1. The first-order chi connectivity index (χ1) is 9.40. The number of nitrogens with zero attached hydrogens (tertiary/aromatic N) is 2. The third kappa shape index (κ3) is 5.90. The van der Waals surface area contributed by atoms with E-state index in [1.165, 1.54) is 19.3 Å². The minimum absolute atomic E-state index is 0.0406. The predicted octanol–water partition coefficient (Wildman–Crippen LogP) is 1.82. The third-order valence-electron chi connectivity index (χ3n) is 3.86. The highest BCUT2D eigenvalue weighted by Crippen LogP contribution is 2.21. The van der Waals surface area contributed by atoms with Crippen molar-refractivity contribution in [3.8, 4) is 0 Å². The zero-order valence-electron chi connectivity index (χ0n) is 13.0. The van der Waals surface area contributed by atoms with Crippen LogP contribution in [0.15, 0.2) is 0 Å². The second-order valence-corrected chi connectivity index (χ2v) is 6.25. The highest BCUT2D eigenvalue weighted by Gasteiger charge is 2.24. The SMILES string of the molecule is CC(C)CN(CC(=O)O)CC(=O)N(C)C1CCCCC1. The minimum Gasteiger partial charge on any atom is -0.480 e. The molecule has 0 radical (unpaired) electrons. The van der Waals surface area contributed by atoms with Gasteiger partial charge in [-0.2, -0.15) is 0 Å². The maximum atomic E-state index is 12.3. The maximum Gasteiger partial charge on any atom is 0.317 e. The molecule has 0 unspecified atom stereocenters. The first-order valence-corrected chi connectivity index (χ1v) is 7.60. The van der Waals surface area contributed by atoms with Gasteiger partial charge in [0.2, 0.25) is 5.91 Å². The van der Waals surface area contributed by atoms with Gasteiger partial charge in [-0.25, -0.2) is 0 Å². The molecule has 20 heavy (non-hydrogen) atoms. The molecule has 1 rings (SSSR count). The number of carboxylic acids is 1. The van der Waals surface area contributed by atoms with Crippen LogP contribution in [0.4, 0.5) is 0 Å². The predicted molar refractivity (Wildman–Crippen MR) is 78.6 cm³/mol. The molecule has 0 spiro atoms. The van der Waals surface area contributed by atoms with Gasteiger partial charge in [0, 0.05) is 19.6 Å². The Morgan fingerprint density at radius 2 is 1.75 bits per heavy atom. The lowest BCUT2D eigenvalue weighted by atomic mass is 9.94. The minimum atomic E-state index is -0.876. The fourth-order valence-corrected chi connectivity index (χ4v) is 2.87. The summed E-state index contributed by atoms with van der Waals surface area (Å²) in [6.07, 6.45) is 5.79. The Kier molecular flexibility index (Phi) is 6.99. The van der Waals surface area contributed by atoms with Crippen LogP contribution in [-0.4, -0.2) is 59.5 Å². The molecule has 0 saturated heterocycles. The summed E-state index contributed by atoms with van der Waals surface area (Å²) >= 11 is 0. The van der Waals surface area contributed by atoms with Crippen LogP contribution in [-0.2, 0) is 9.59 Å². The molecule has 0 aromatic heterocycles. The Labute approximate surface area is 121 Å². The Morgan fingerprint density at radius 3 is 2.25 bits per heavy atom. The molecule has 5 nitrogen and oxygen atoms in total. The molecule has 0 heterocycles. The van der Waals surface area contributed by atoms with Gasteiger partial charge >= 0.3 is 5.97 Å². The lowest BCUT2D eigenvalue weighted by Gasteiger charge is -2.33. The molecule has 1 fully saturated rings. The average molecular weight is 284 g/mol. The molecular weight excluding hydrogens is 256 g/mol. The Bertz CT molecular complexity index is 325. The van der Waals surface area contributed by atoms with Crippen LogP contribution in [0.3, 0.4) is 0 Å². The van der Waals surface area contributed by atoms with Crippen molar-refractivity contribution in [2.45, 2.75) is 52.0 Å². The molecule has 1 amide bonds. The van der Waals surface area contributed by atoms with Gasteiger partial charge in [-0.3, -0.25) is 14.5 Å². The van der Waals surface area contributed by atoms with Crippen LogP contribution in [0.2, 0.25) is 0 Å². The second kappa shape index (κ2) is 8.25. The summed E-state index contributed by atoms with van der Waals surface area (Å²) in [4.78, 5) is 26.7. The van der Waals surface area contributed by atoms with E-state index in [-0.39, 0.29) is 19.0 Å². The molecule has 0 aromatic rings. The Morgan fingerprint density at radius 1 is 1.15 bits per heavy atom. The second-order valence-electron chi connectivity index (χ2n) is 6.25. The molecule has 0 aromatic carbocycles. The quantitative estimate of drug-likeness (QED) is 0.774. The lowest BCUT2D eigenvalue weighted by molar-refractivity contribution is -0.140. The van der Waals surface area contributed by atoms with E-state index < -0.39 is 5.97 Å². The van der Waals surface area contributed by atoms with Gasteiger partial charge < -0.3 is 10.0 Å². The van der Waals surface area contributed by atoms with E-state index in [1.54, 1.807) is 4.90 Å². The molecule has 0 aliphatic heterocycles. The molecule has 1 saturated carbocycles. The number of carboxylic acid groups (broad SMARTS) is 1. The zero-order valence-corrected chi connectivity index (χ0v) is 13.0. The topological polar surface area (TPSA) is 60.9 Å². The van der Waals surface area contributed by atoms with Crippen LogP contribution in [0, 0.1) is 5.92 Å². The van der Waals surface area contributed by atoms with Crippen molar-refractivity contribution < 1.29 is 14.7 Å². The lowest BCUT2D eigenvalue weighted by Crippen LogP contribution is -2.46. The van der Waals surface area contributed by atoms with Crippen LogP contribution in [0.1, 0.15) is 46.0 Å². The largest absolute Gasteiger partial charge is 0.480 e. The number of hydrogen-bond acceptors (Lipinski definition) is 3. The first kappa shape index (κ1) is 17.0. The number of carbonyl (C=O) groups excluding carboxylic acids is 1. The molecule has 1 aliphatic rings. The Balaban J connectivity index is 2.52. The van der Waals surface area contributed by atoms with E-state index in [0.717, 1.165) is 12.8 Å². The molecule has 5 heteroatoms.